The number of aromatic nitrogens is 4. The Morgan fingerprint density at radius 3 is 2.14 bits per heavy atom. The number of H-pyrrole nitrogens is 1. The van der Waals surface area contributed by atoms with E-state index in [2.05, 4.69) is 25.0 Å². The molecule has 72 heavy (non-hydrogen) atoms. The number of fused-ring (bicyclic) bond motifs is 1. The zero-order chi connectivity index (χ0) is 52.0. The number of carboxylic acid groups (broad SMARTS) is 1. The van der Waals surface area contributed by atoms with E-state index < -0.39 is 39.7 Å². The second-order valence-corrected chi connectivity index (χ2v) is 17.3. The Labute approximate surface area is 418 Å². The molecule has 0 fully saturated rings. The molecule has 0 radical (unpaired) electrons. The predicted molar refractivity (Wildman–Crippen MR) is 267 cm³/mol. The summed E-state index contributed by atoms with van der Waals surface area (Å²) in [5.74, 6) is -3.14. The summed E-state index contributed by atoms with van der Waals surface area (Å²) in [6, 6.07) is 35.3. The summed E-state index contributed by atoms with van der Waals surface area (Å²) in [4.78, 5) is 55.7. The highest BCUT2D eigenvalue weighted by atomic mass is 35.5. The van der Waals surface area contributed by atoms with E-state index in [1.165, 1.54) is 19.2 Å². The van der Waals surface area contributed by atoms with Gasteiger partial charge in [-0.3, -0.25) is 18.6 Å². The Hall–Kier alpha value is -7.88. The number of nitrogens with zero attached hydrogens (tertiary/aromatic N) is 3. The molecule has 1 aliphatic rings. The zero-order valence-corrected chi connectivity index (χ0v) is 41.0. The molecule has 19 nitrogen and oxygen atoms in total. The molecule has 21 heteroatoms. The number of carbonyl (C=O) groups is 3. The number of benzene rings is 5. The maximum Gasteiger partial charge on any atom is 0.439 e. The van der Waals surface area contributed by atoms with Crippen LogP contribution in [0, 0.1) is 0 Å². The minimum absolute atomic E-state index is 0.0741. The van der Waals surface area contributed by atoms with Crippen molar-refractivity contribution in [2.75, 3.05) is 40.1 Å². The van der Waals surface area contributed by atoms with Gasteiger partial charge < -0.3 is 35.1 Å². The molecule has 3 heterocycles. The Morgan fingerprint density at radius 2 is 1.54 bits per heavy atom. The lowest BCUT2D eigenvalue weighted by Gasteiger charge is -2.31. The third-order valence-electron chi connectivity index (χ3n) is 10.8. The van der Waals surface area contributed by atoms with Gasteiger partial charge in [-0.05, 0) is 73.4 Å². The van der Waals surface area contributed by atoms with Gasteiger partial charge in [0.2, 0.25) is 0 Å². The van der Waals surface area contributed by atoms with Crippen molar-refractivity contribution >= 4 is 50.7 Å². The molecule has 0 saturated carbocycles. The number of para-hydroxylation sites is 1. The second-order valence-electron chi connectivity index (χ2n) is 15.4. The molecule has 8 rings (SSSR count). The fourth-order valence-corrected chi connectivity index (χ4v) is 8.44. The van der Waals surface area contributed by atoms with Crippen LogP contribution in [0.3, 0.4) is 0 Å². The quantitative estimate of drug-likeness (QED) is 0.0358. The van der Waals surface area contributed by atoms with E-state index in [-0.39, 0.29) is 29.2 Å². The molecular formula is C51H51ClN6O13S. The van der Waals surface area contributed by atoms with Crippen molar-refractivity contribution in [3.63, 3.8) is 0 Å². The number of nitrogens with two attached hydrogens (primary N) is 1. The predicted octanol–water partition coefficient (Wildman–Crippen LogP) is 7.39. The first kappa shape index (κ1) is 53.5. The Morgan fingerprint density at radius 1 is 0.861 bits per heavy atom. The van der Waals surface area contributed by atoms with Crippen molar-refractivity contribution in [3.05, 3.63) is 176 Å². The number of aromatic amines is 1. The lowest BCUT2D eigenvalue weighted by atomic mass is 9.80. The van der Waals surface area contributed by atoms with Gasteiger partial charge >= 0.3 is 23.7 Å². The monoisotopic (exact) mass is 1020 g/mol. The lowest BCUT2D eigenvalue weighted by Crippen LogP contribution is -2.35. The van der Waals surface area contributed by atoms with Gasteiger partial charge in [-0.2, -0.15) is 13.4 Å². The minimum Gasteiger partial charge on any atom is -0.478 e. The molecule has 0 spiro atoms. The summed E-state index contributed by atoms with van der Waals surface area (Å²) in [6.45, 7) is 7.06. The molecule has 0 amide bonds. The van der Waals surface area contributed by atoms with Gasteiger partial charge in [-0.25, -0.2) is 19.2 Å². The highest BCUT2D eigenvalue weighted by Gasteiger charge is 2.39. The smallest absolute Gasteiger partial charge is 0.439 e. The summed E-state index contributed by atoms with van der Waals surface area (Å²) in [7, 11) is -2.71. The van der Waals surface area contributed by atoms with Crippen LogP contribution < -0.4 is 21.5 Å². The largest absolute Gasteiger partial charge is 0.478 e. The summed E-state index contributed by atoms with van der Waals surface area (Å²) < 4.78 is 57.2. The number of imidazole rings is 1. The van der Waals surface area contributed by atoms with Crippen LogP contribution in [0.5, 0.6) is 6.01 Å². The number of halogens is 1. The van der Waals surface area contributed by atoms with Gasteiger partial charge in [0, 0.05) is 22.8 Å². The number of methoxy groups -OCH3 is 1. The average Bonchev–Trinajstić information content (AvgIpc) is 3.97. The highest BCUT2D eigenvalue weighted by Crippen LogP contribution is 2.42. The van der Waals surface area contributed by atoms with Crippen LogP contribution >= 0.6 is 11.6 Å². The highest BCUT2D eigenvalue weighted by molar-refractivity contribution is 7.85. The lowest BCUT2D eigenvalue weighted by molar-refractivity contribution is -0.139. The van der Waals surface area contributed by atoms with Crippen molar-refractivity contribution in [2.45, 2.75) is 38.1 Å². The van der Waals surface area contributed by atoms with Crippen molar-refractivity contribution < 1.29 is 55.9 Å². The summed E-state index contributed by atoms with van der Waals surface area (Å²) in [5.41, 5.74) is 12.4. The van der Waals surface area contributed by atoms with Crippen LogP contribution in [0.1, 0.15) is 48.2 Å². The summed E-state index contributed by atoms with van der Waals surface area (Å²) >= 11 is 6.42. The van der Waals surface area contributed by atoms with Gasteiger partial charge in [-0.1, -0.05) is 108 Å². The number of hydrogen-bond acceptors (Lipinski definition) is 15. The number of ether oxygens (including phenoxy) is 4. The zero-order valence-electron chi connectivity index (χ0n) is 39.5. The molecule has 0 aliphatic carbocycles. The van der Waals surface area contributed by atoms with Gasteiger partial charge in [-0.15, -0.1) is 0 Å². The van der Waals surface area contributed by atoms with Crippen LogP contribution in [0.15, 0.2) is 158 Å². The van der Waals surface area contributed by atoms with E-state index in [1.807, 2.05) is 55.5 Å². The normalized spacial score (nSPS) is 13.3. The molecule has 0 saturated heterocycles. The minimum atomic E-state index is -4.00. The standard InChI is InChI=1S/C25H20N4O5.C20H25ClN2O5.C6H6O3S/c1-2-33-24-26-20-9-5-8-19(23(30)31)21(20)29(24)14-15-10-12-16(13-11-15)17-6-3-4-7-18(17)22-27-25(32)34-28-22;1-4-28-20(25)18-15(11-27-10-9-22)23-12(2)16(19(24)26-3)17(18)13-7-5-6-8-14(13)21;7-10(8,9)6-4-2-1-3-5-6/h3-13H,2,14H2,1H3,(H,30,31)(H,27,28,32);5-8,17,23H,4,9-11,22H2,1-3H3;1-5H,(H,7,8,9). The van der Waals surface area contributed by atoms with E-state index in [0.29, 0.717) is 76.7 Å². The van der Waals surface area contributed by atoms with Crippen LogP contribution in [0.4, 0.5) is 0 Å². The molecule has 1 unspecified atom stereocenters. The van der Waals surface area contributed by atoms with Crippen molar-refractivity contribution in [2.24, 2.45) is 5.73 Å². The van der Waals surface area contributed by atoms with Gasteiger partial charge in [0.05, 0.1) is 84.3 Å². The summed E-state index contributed by atoms with van der Waals surface area (Å²) in [6.07, 6.45) is 0. The number of allylic oxidation sites excluding steroid dienone is 1. The third-order valence-corrected chi connectivity index (χ3v) is 12.0. The van der Waals surface area contributed by atoms with Gasteiger partial charge in [0.25, 0.3) is 16.1 Å². The Kier molecular flexibility index (Phi) is 18.4. The first-order valence-electron chi connectivity index (χ1n) is 22.2. The van der Waals surface area contributed by atoms with E-state index in [4.69, 9.17) is 40.8 Å². The van der Waals surface area contributed by atoms with E-state index in [9.17, 15) is 32.7 Å². The van der Waals surface area contributed by atoms with Crippen molar-refractivity contribution in [3.8, 4) is 28.5 Å². The maximum atomic E-state index is 12.9. The molecule has 6 N–H and O–H groups in total. The molecule has 7 aromatic rings. The number of carboxylic acids is 1. The second kappa shape index (κ2) is 24.8. The number of dihydropyridines is 1. The fourth-order valence-electron chi connectivity index (χ4n) is 7.69. The number of hydrogen-bond donors (Lipinski definition) is 5. The molecule has 376 valence electrons. The van der Waals surface area contributed by atoms with Gasteiger partial charge in [0.1, 0.15) is 0 Å². The van der Waals surface area contributed by atoms with Crippen LogP contribution in [0.25, 0.3) is 33.5 Å². The Bertz CT molecular complexity index is 3280. The average molecular weight is 1020 g/mol. The van der Waals surface area contributed by atoms with E-state index in [1.54, 1.807) is 79.1 Å². The molecule has 1 atom stereocenters. The first-order valence-corrected chi connectivity index (χ1v) is 24.0. The van der Waals surface area contributed by atoms with Crippen LogP contribution in [0.2, 0.25) is 5.02 Å². The summed E-state index contributed by atoms with van der Waals surface area (Å²) in [5, 5.41) is 17.0. The topological polar surface area (TPSA) is 277 Å². The van der Waals surface area contributed by atoms with Crippen LogP contribution in [-0.4, -0.2) is 95.8 Å². The number of aromatic carboxylic acids is 1. The van der Waals surface area contributed by atoms with Gasteiger partial charge in [0.15, 0.2) is 5.82 Å². The number of rotatable bonds is 16. The number of nitrogens with one attached hydrogen (secondary N) is 2. The first-order chi connectivity index (χ1) is 34.6. The Balaban J connectivity index is 0.000000200. The molecule has 0 bridgehead atoms. The number of esters is 2. The fraction of sp³-hybridized carbons (Fsp3) is 0.216. The van der Waals surface area contributed by atoms with E-state index >= 15 is 0 Å². The maximum absolute atomic E-state index is 12.9. The van der Waals surface area contributed by atoms with Crippen molar-refractivity contribution in [1.82, 2.24) is 25.0 Å². The van der Waals surface area contributed by atoms with Crippen LogP contribution in [-0.2, 0) is 40.5 Å². The molecular weight excluding hydrogens is 972 g/mol. The van der Waals surface area contributed by atoms with Crippen molar-refractivity contribution in [1.29, 1.82) is 0 Å². The third kappa shape index (κ3) is 12.9. The molecule has 5 aromatic carbocycles. The molecule has 2 aromatic heterocycles. The SMILES string of the molecule is CCOC(=O)C1=C(COCCN)NC(C)=C(C(=O)OC)C1c1ccccc1Cl.CCOc1nc2cccc(C(=O)O)c2n1Cc1ccc(-c2ccccc2-c2noc(=O)[nH]2)cc1.O=S(=O)(O)c1ccccc1. The number of carbonyl (C=O) groups excluding carboxylic acids is 2. The molecule has 1 aliphatic heterocycles. The van der Waals surface area contributed by atoms with E-state index in [0.717, 1.165) is 22.3 Å².